The average Bonchev–Trinajstić information content (AvgIpc) is 2.88. The van der Waals surface area contributed by atoms with Crippen molar-refractivity contribution >= 4 is 81.9 Å². The minimum atomic E-state index is -4.73. The van der Waals surface area contributed by atoms with E-state index in [1.165, 1.54) is 24.3 Å². The van der Waals surface area contributed by atoms with E-state index in [-0.39, 0.29) is 22.3 Å². The maximum Gasteiger partial charge on any atom is 0.345 e. The van der Waals surface area contributed by atoms with Crippen molar-refractivity contribution in [3.8, 4) is 0 Å². The molecule has 5 aromatic rings. The van der Waals surface area contributed by atoms with E-state index in [0.717, 1.165) is 0 Å². The molecule has 12 nitrogen and oxygen atoms in total. The minimum Gasteiger partial charge on any atom is -0.323 e. The van der Waals surface area contributed by atoms with Crippen molar-refractivity contribution in [1.82, 2.24) is 9.80 Å². The Morgan fingerprint density at radius 2 is 0.700 bits per heavy atom. The van der Waals surface area contributed by atoms with Crippen molar-refractivity contribution in [2.75, 3.05) is 12.6 Å². The molecule has 0 radical (unpaired) electrons. The number of imide groups is 2. The van der Waals surface area contributed by atoms with Crippen molar-refractivity contribution in [3.63, 3.8) is 0 Å². The van der Waals surface area contributed by atoms with Gasteiger partial charge in [0.25, 0.3) is 23.6 Å². The molecule has 0 unspecified atom stereocenters. The Morgan fingerprint density at radius 1 is 0.450 bits per heavy atom. The monoisotopic (exact) mass is 578 g/mol. The smallest absolute Gasteiger partial charge is 0.323 e. The molecule has 0 saturated carbocycles. The number of hydrogen-bond acceptors (Lipinski definition) is 6. The first-order valence-corrected chi connectivity index (χ1v) is 15.4. The molecule has 14 heteroatoms. The van der Waals surface area contributed by atoms with Crippen LogP contribution in [0.15, 0.2) is 48.5 Å². The lowest BCUT2D eigenvalue weighted by Crippen LogP contribution is -2.41. The average molecular weight is 578 g/mol. The Balaban J connectivity index is 1.55. The first-order chi connectivity index (χ1) is 18.8. The summed E-state index contributed by atoms with van der Waals surface area (Å²) < 4.78 is 23.3. The van der Waals surface area contributed by atoms with Gasteiger partial charge in [0.2, 0.25) is 0 Å². The van der Waals surface area contributed by atoms with E-state index >= 15 is 0 Å². The first kappa shape index (κ1) is 25.0. The molecule has 0 atom stereocenters. The topological polar surface area (TPSA) is 190 Å². The normalized spacial score (nSPS) is 16.0. The van der Waals surface area contributed by atoms with Crippen LogP contribution in [0.1, 0.15) is 41.4 Å². The van der Waals surface area contributed by atoms with Crippen LogP contribution >= 0.6 is 15.2 Å². The molecule has 5 aromatic carbocycles. The highest BCUT2D eigenvalue weighted by Gasteiger charge is 2.39. The Labute approximate surface area is 223 Å². The molecule has 0 bridgehead atoms. The summed E-state index contributed by atoms with van der Waals surface area (Å²) in [5.41, 5.74) is 0.430. The van der Waals surface area contributed by atoms with E-state index in [0.29, 0.717) is 52.9 Å². The van der Waals surface area contributed by atoms with E-state index in [2.05, 4.69) is 0 Å². The molecule has 7 rings (SSSR count). The largest absolute Gasteiger partial charge is 0.345 e. The summed E-state index contributed by atoms with van der Waals surface area (Å²) in [4.78, 5) is 91.7. The quantitative estimate of drug-likeness (QED) is 0.107. The summed E-state index contributed by atoms with van der Waals surface area (Å²) in [6.45, 7) is 0. The Bertz CT molecular complexity index is 1890. The van der Waals surface area contributed by atoms with Gasteiger partial charge in [-0.05, 0) is 56.6 Å². The highest BCUT2D eigenvalue weighted by Crippen LogP contribution is 2.47. The zero-order chi connectivity index (χ0) is 28.5. The van der Waals surface area contributed by atoms with Gasteiger partial charge in [-0.1, -0.05) is 24.3 Å². The van der Waals surface area contributed by atoms with Crippen molar-refractivity contribution < 1.29 is 47.9 Å². The van der Waals surface area contributed by atoms with E-state index < -0.39 is 51.4 Å². The molecule has 2 aliphatic rings. The van der Waals surface area contributed by atoms with Gasteiger partial charge < -0.3 is 19.6 Å². The van der Waals surface area contributed by atoms with Crippen LogP contribution in [-0.4, -0.2) is 65.6 Å². The number of carbonyl (C=O) groups is 4. The van der Waals surface area contributed by atoms with Crippen molar-refractivity contribution in [2.45, 2.75) is 0 Å². The van der Waals surface area contributed by atoms with Gasteiger partial charge in [0.1, 0.15) is 12.6 Å². The summed E-state index contributed by atoms with van der Waals surface area (Å²) in [6.07, 6.45) is -2.10. The van der Waals surface area contributed by atoms with Gasteiger partial charge >= 0.3 is 15.2 Å². The fourth-order valence-electron chi connectivity index (χ4n) is 5.99. The van der Waals surface area contributed by atoms with Crippen LogP contribution < -0.4 is 0 Å². The fourth-order valence-corrected chi connectivity index (χ4v) is 7.24. The third-order valence-corrected chi connectivity index (χ3v) is 8.76. The summed E-state index contributed by atoms with van der Waals surface area (Å²) >= 11 is 0. The van der Waals surface area contributed by atoms with E-state index in [4.69, 9.17) is 0 Å². The summed E-state index contributed by atoms with van der Waals surface area (Å²) in [5.74, 6) is -3.33. The molecular weight excluding hydrogens is 562 g/mol. The van der Waals surface area contributed by atoms with E-state index in [9.17, 15) is 47.9 Å². The Kier molecular flexibility index (Phi) is 4.87. The van der Waals surface area contributed by atoms with E-state index in [1.54, 1.807) is 24.3 Å². The number of fused-ring (bicyclic) bond motifs is 2. The lowest BCUT2D eigenvalue weighted by molar-refractivity contribution is 0.0614. The summed E-state index contributed by atoms with van der Waals surface area (Å²) in [6, 6.07) is 12.5. The van der Waals surface area contributed by atoms with Gasteiger partial charge in [0, 0.05) is 33.0 Å². The standard InChI is InChI=1S/C26H16N2O10P2/c29-23-15-5-1-11-12-2-6-17-22-18(26(32)28(25(17)31)10-40(36,37)38)8-4-14(20(12)22)13-3-7-16(21(15)19(11)13)24(30)27(23)9-39(33,34)35/h1-8H,9-10H2,(H2,33,34,35)(H2,36,37,38). The molecule has 4 N–H and O–H groups in total. The second-order valence-electron chi connectivity index (χ2n) is 9.83. The van der Waals surface area contributed by atoms with Crippen LogP contribution in [0.3, 0.4) is 0 Å². The third-order valence-electron chi connectivity index (χ3n) is 7.46. The van der Waals surface area contributed by atoms with Crippen LogP contribution in [0.4, 0.5) is 0 Å². The van der Waals surface area contributed by atoms with Crippen LogP contribution in [0.2, 0.25) is 0 Å². The lowest BCUT2D eigenvalue weighted by Gasteiger charge is -2.30. The number of amides is 4. The number of nitrogens with zero attached hydrogens (tertiary/aromatic N) is 2. The number of hydrogen-bond donors (Lipinski definition) is 4. The zero-order valence-electron chi connectivity index (χ0n) is 20.1. The number of carbonyl (C=O) groups excluding carboxylic acids is 4. The second-order valence-corrected chi connectivity index (χ2v) is 13.1. The Hall–Kier alpha value is -4.02. The van der Waals surface area contributed by atoms with Crippen molar-refractivity contribution in [3.05, 3.63) is 70.8 Å². The first-order valence-electron chi connectivity index (χ1n) is 11.8. The van der Waals surface area contributed by atoms with Gasteiger partial charge in [-0.25, -0.2) is 0 Å². The highest BCUT2D eigenvalue weighted by atomic mass is 31.2. The lowest BCUT2D eigenvalue weighted by atomic mass is 9.82. The molecule has 0 aromatic heterocycles. The van der Waals surface area contributed by atoms with Crippen LogP contribution in [-0.2, 0) is 9.13 Å². The predicted molar refractivity (Wildman–Crippen MR) is 142 cm³/mol. The molecule has 4 amide bonds. The fraction of sp³-hybridized carbons (Fsp3) is 0.0769. The van der Waals surface area contributed by atoms with Gasteiger partial charge in [0.05, 0.1) is 0 Å². The van der Waals surface area contributed by atoms with Crippen molar-refractivity contribution in [2.24, 2.45) is 0 Å². The Morgan fingerprint density at radius 3 is 0.925 bits per heavy atom. The molecule has 2 heterocycles. The molecule has 0 saturated heterocycles. The van der Waals surface area contributed by atoms with Crippen LogP contribution in [0.25, 0.3) is 43.1 Å². The molecular formula is C26H16N2O10P2. The molecule has 0 spiro atoms. The van der Waals surface area contributed by atoms with Crippen molar-refractivity contribution in [1.29, 1.82) is 0 Å². The van der Waals surface area contributed by atoms with Gasteiger partial charge in [0.15, 0.2) is 0 Å². The van der Waals surface area contributed by atoms with Crippen LogP contribution in [0, 0.1) is 0 Å². The highest BCUT2D eigenvalue weighted by molar-refractivity contribution is 7.52. The van der Waals surface area contributed by atoms with Gasteiger partial charge in [-0.2, -0.15) is 0 Å². The third kappa shape index (κ3) is 3.29. The van der Waals surface area contributed by atoms with Gasteiger partial charge in [-0.15, -0.1) is 0 Å². The summed E-state index contributed by atoms with van der Waals surface area (Å²) in [7, 11) is -9.47. The predicted octanol–water partition coefficient (Wildman–Crippen LogP) is 3.20. The number of rotatable bonds is 4. The molecule has 40 heavy (non-hydrogen) atoms. The van der Waals surface area contributed by atoms with Crippen LogP contribution in [0.5, 0.6) is 0 Å². The number of benzene rings is 5. The van der Waals surface area contributed by atoms with Gasteiger partial charge in [-0.3, -0.25) is 38.1 Å². The zero-order valence-corrected chi connectivity index (χ0v) is 21.8. The maximum atomic E-state index is 13.2. The molecule has 200 valence electrons. The maximum absolute atomic E-state index is 13.2. The van der Waals surface area contributed by atoms with E-state index in [1.807, 2.05) is 0 Å². The SMILES string of the molecule is O=C1c2ccc3c4ccc5c6c(ccc(c7ccc(c2c37)C(=O)N1CP(=O)(O)O)c64)C(=O)N(CP(=O)(O)O)C5=O. The molecule has 0 fully saturated rings. The minimum absolute atomic E-state index is 0.108. The molecule has 2 aliphatic heterocycles. The second kappa shape index (κ2) is 7.80. The molecule has 0 aliphatic carbocycles. The summed E-state index contributed by atoms with van der Waals surface area (Å²) in [5, 5.41) is 4.29.